The van der Waals surface area contributed by atoms with Crippen LogP contribution < -0.4 is 14.8 Å². The first-order chi connectivity index (χ1) is 15.4. The van der Waals surface area contributed by atoms with Crippen LogP contribution in [0.2, 0.25) is 0 Å². The van der Waals surface area contributed by atoms with Crippen LogP contribution in [0.3, 0.4) is 0 Å². The van der Waals surface area contributed by atoms with Crippen molar-refractivity contribution in [3.05, 3.63) is 23.8 Å². The third-order valence-corrected chi connectivity index (χ3v) is 5.38. The van der Waals surface area contributed by atoms with Gasteiger partial charge in [-0.2, -0.15) is 0 Å². The van der Waals surface area contributed by atoms with Crippen molar-refractivity contribution in [1.82, 2.24) is 20.0 Å². The minimum absolute atomic E-state index is 0. The normalized spacial score (nSPS) is 11.1. The van der Waals surface area contributed by atoms with Crippen LogP contribution in [-0.4, -0.2) is 93.1 Å². The number of benzene rings is 1. The van der Waals surface area contributed by atoms with E-state index in [2.05, 4.69) is 24.1 Å². The molecule has 0 saturated carbocycles. The van der Waals surface area contributed by atoms with E-state index in [4.69, 9.17) is 14.5 Å². The van der Waals surface area contributed by atoms with E-state index in [1.807, 2.05) is 55.8 Å². The van der Waals surface area contributed by atoms with Crippen LogP contribution in [-0.2, 0) is 11.3 Å². The van der Waals surface area contributed by atoms with E-state index in [9.17, 15) is 4.79 Å². The highest BCUT2D eigenvalue weighted by molar-refractivity contribution is 14.0. The van der Waals surface area contributed by atoms with Gasteiger partial charge in [-0.3, -0.25) is 4.79 Å². The Labute approximate surface area is 217 Å². The monoisotopic (exact) mass is 577 g/mol. The maximum Gasteiger partial charge on any atom is 0.242 e. The average Bonchev–Trinajstić information content (AvgIpc) is 2.80. The molecule has 0 radical (unpaired) electrons. The average molecular weight is 578 g/mol. The topological polar surface area (TPSA) is 69.6 Å². The largest absolute Gasteiger partial charge is 0.493 e. The Morgan fingerprint density at radius 1 is 1.03 bits per heavy atom. The highest BCUT2D eigenvalue weighted by atomic mass is 127. The summed E-state index contributed by atoms with van der Waals surface area (Å²) in [6, 6.07) is 5.90. The number of nitrogens with zero attached hydrogens (tertiary/aromatic N) is 4. The second-order valence-corrected chi connectivity index (χ2v) is 7.45. The summed E-state index contributed by atoms with van der Waals surface area (Å²) in [6.45, 7) is 16.7. The van der Waals surface area contributed by atoms with Crippen molar-refractivity contribution in [1.29, 1.82) is 0 Å². The van der Waals surface area contributed by atoms with Gasteiger partial charge in [0, 0.05) is 33.2 Å². The standard InChI is InChI=1S/C24H43N5O3.HI/c1-8-25-24(27(6)19-23(30)29(11-4)12-5)26-18-20-13-14-21(22(17-20)31-7)32-16-15-28(9-2)10-3;/h13-14,17H,8-12,15-16,18-19H2,1-7H3,(H,25,26);1H. The molecule has 0 aliphatic rings. The van der Waals surface area contributed by atoms with Gasteiger partial charge in [0.25, 0.3) is 0 Å². The van der Waals surface area contributed by atoms with Gasteiger partial charge >= 0.3 is 0 Å². The molecule has 1 N–H and O–H groups in total. The molecular formula is C24H44IN5O3. The van der Waals surface area contributed by atoms with Gasteiger partial charge in [-0.05, 0) is 51.6 Å². The minimum Gasteiger partial charge on any atom is -0.493 e. The third kappa shape index (κ3) is 10.8. The van der Waals surface area contributed by atoms with E-state index in [1.165, 1.54) is 0 Å². The Balaban J connectivity index is 0.0000102. The summed E-state index contributed by atoms with van der Waals surface area (Å²) in [7, 11) is 3.53. The van der Waals surface area contributed by atoms with Gasteiger partial charge in [-0.25, -0.2) is 4.99 Å². The Bertz CT molecular complexity index is 709. The molecule has 1 amide bonds. The van der Waals surface area contributed by atoms with Crippen molar-refractivity contribution in [3.63, 3.8) is 0 Å². The number of guanidine groups is 1. The fraction of sp³-hybridized carbons (Fsp3) is 0.667. The number of likely N-dealkylation sites (N-methyl/N-ethyl adjacent to an activating group) is 3. The van der Waals surface area contributed by atoms with Crippen LogP contribution in [0.1, 0.15) is 40.2 Å². The summed E-state index contributed by atoms with van der Waals surface area (Å²) < 4.78 is 11.5. The van der Waals surface area contributed by atoms with Crippen LogP contribution in [0.25, 0.3) is 0 Å². The van der Waals surface area contributed by atoms with E-state index < -0.39 is 0 Å². The lowest BCUT2D eigenvalue weighted by Gasteiger charge is -2.25. The summed E-state index contributed by atoms with van der Waals surface area (Å²) in [5.41, 5.74) is 1.01. The zero-order valence-corrected chi connectivity index (χ0v) is 23.8. The fourth-order valence-corrected chi connectivity index (χ4v) is 3.34. The third-order valence-electron chi connectivity index (χ3n) is 5.38. The number of nitrogens with one attached hydrogen (secondary N) is 1. The van der Waals surface area contributed by atoms with Crippen LogP contribution in [0.15, 0.2) is 23.2 Å². The van der Waals surface area contributed by atoms with Crippen LogP contribution in [0.5, 0.6) is 11.5 Å². The summed E-state index contributed by atoms with van der Waals surface area (Å²) in [5, 5.41) is 3.27. The SMILES string of the molecule is CCNC(=NCc1ccc(OCCN(CC)CC)c(OC)c1)N(C)CC(=O)N(CC)CC.I. The fourth-order valence-electron chi connectivity index (χ4n) is 3.34. The molecule has 190 valence electrons. The Kier molecular flexibility index (Phi) is 16.8. The molecule has 0 heterocycles. The molecule has 1 aromatic carbocycles. The van der Waals surface area contributed by atoms with E-state index in [1.54, 1.807) is 7.11 Å². The number of rotatable bonds is 14. The van der Waals surface area contributed by atoms with Crippen molar-refractivity contribution in [2.45, 2.75) is 41.2 Å². The van der Waals surface area contributed by atoms with Gasteiger partial charge in [0.2, 0.25) is 5.91 Å². The molecule has 0 unspecified atom stereocenters. The number of hydrogen-bond donors (Lipinski definition) is 1. The van der Waals surface area contributed by atoms with Gasteiger partial charge < -0.3 is 29.5 Å². The quantitative estimate of drug-likeness (QED) is 0.208. The number of carbonyl (C=O) groups excluding carboxylic acids is 1. The number of halogens is 1. The zero-order valence-electron chi connectivity index (χ0n) is 21.5. The summed E-state index contributed by atoms with van der Waals surface area (Å²) in [4.78, 5) is 23.2. The lowest BCUT2D eigenvalue weighted by Crippen LogP contribution is -2.45. The maximum absolute atomic E-state index is 12.5. The smallest absolute Gasteiger partial charge is 0.242 e. The summed E-state index contributed by atoms with van der Waals surface area (Å²) in [6.07, 6.45) is 0. The number of carbonyl (C=O) groups is 1. The molecule has 0 spiro atoms. The van der Waals surface area contributed by atoms with Crippen LogP contribution in [0, 0.1) is 0 Å². The van der Waals surface area contributed by atoms with Crippen LogP contribution in [0.4, 0.5) is 0 Å². The molecule has 0 bridgehead atoms. The predicted octanol–water partition coefficient (Wildman–Crippen LogP) is 3.30. The summed E-state index contributed by atoms with van der Waals surface area (Å²) >= 11 is 0. The van der Waals surface area contributed by atoms with Crippen molar-refractivity contribution >= 4 is 35.8 Å². The molecule has 33 heavy (non-hydrogen) atoms. The lowest BCUT2D eigenvalue weighted by molar-refractivity contribution is -0.131. The van der Waals surface area contributed by atoms with E-state index >= 15 is 0 Å². The van der Waals surface area contributed by atoms with Gasteiger partial charge in [-0.15, -0.1) is 24.0 Å². The molecule has 8 nitrogen and oxygen atoms in total. The predicted molar refractivity (Wildman–Crippen MR) is 147 cm³/mol. The number of hydrogen-bond acceptors (Lipinski definition) is 5. The van der Waals surface area contributed by atoms with Crippen molar-refractivity contribution in [2.24, 2.45) is 4.99 Å². The lowest BCUT2D eigenvalue weighted by atomic mass is 10.2. The molecule has 0 saturated heterocycles. The molecule has 1 rings (SSSR count). The second kappa shape index (κ2) is 17.7. The van der Waals surface area contributed by atoms with Gasteiger partial charge in [0.05, 0.1) is 20.2 Å². The van der Waals surface area contributed by atoms with Crippen molar-refractivity contribution < 1.29 is 14.3 Å². The molecular weight excluding hydrogens is 533 g/mol. The molecule has 9 heteroatoms. The molecule has 0 aromatic heterocycles. The number of amides is 1. The van der Waals surface area contributed by atoms with Crippen molar-refractivity contribution in [3.8, 4) is 11.5 Å². The molecule has 0 fully saturated rings. The highest BCUT2D eigenvalue weighted by Crippen LogP contribution is 2.28. The first-order valence-corrected chi connectivity index (χ1v) is 11.7. The minimum atomic E-state index is 0. The first kappa shape index (κ1) is 31.2. The Morgan fingerprint density at radius 2 is 1.70 bits per heavy atom. The Morgan fingerprint density at radius 3 is 2.24 bits per heavy atom. The molecule has 0 aliphatic carbocycles. The van der Waals surface area contributed by atoms with Gasteiger partial charge in [0.1, 0.15) is 6.61 Å². The molecule has 0 atom stereocenters. The van der Waals surface area contributed by atoms with E-state index in [-0.39, 0.29) is 36.4 Å². The number of ether oxygens (including phenoxy) is 2. The zero-order chi connectivity index (χ0) is 23.9. The van der Waals surface area contributed by atoms with Gasteiger partial charge in [-0.1, -0.05) is 19.9 Å². The summed E-state index contributed by atoms with van der Waals surface area (Å²) in [5.74, 6) is 2.23. The van der Waals surface area contributed by atoms with E-state index in [0.29, 0.717) is 38.0 Å². The molecule has 1 aromatic rings. The van der Waals surface area contributed by atoms with Crippen LogP contribution >= 0.6 is 24.0 Å². The maximum atomic E-state index is 12.5. The van der Waals surface area contributed by atoms with Crippen molar-refractivity contribution in [2.75, 3.05) is 66.6 Å². The first-order valence-electron chi connectivity index (χ1n) is 11.7. The number of methoxy groups -OCH3 is 1. The molecule has 0 aliphatic heterocycles. The van der Waals surface area contributed by atoms with Gasteiger partial charge in [0.15, 0.2) is 17.5 Å². The number of aliphatic imine (C=N–C) groups is 1. The van der Waals surface area contributed by atoms with E-state index in [0.717, 1.165) is 37.5 Å². The Hall–Kier alpha value is -1.75. The highest BCUT2D eigenvalue weighted by Gasteiger charge is 2.15. The second-order valence-electron chi connectivity index (χ2n) is 7.45.